The minimum absolute atomic E-state index is 0.595. The van der Waals surface area contributed by atoms with Gasteiger partial charge in [-0.15, -0.1) is 13.2 Å². The molecular weight excluding hydrogens is 481 g/mol. The van der Waals surface area contributed by atoms with E-state index in [1.54, 1.807) is 17.8 Å². The van der Waals surface area contributed by atoms with Crippen molar-refractivity contribution >= 4 is 23.1 Å². The fourth-order valence-corrected chi connectivity index (χ4v) is 5.92. The molecule has 0 amide bonds. The summed E-state index contributed by atoms with van der Waals surface area (Å²) in [6, 6.07) is 12.1. The highest BCUT2D eigenvalue weighted by molar-refractivity contribution is 7.99. The summed E-state index contributed by atoms with van der Waals surface area (Å²) in [5, 5.41) is 0. The molecule has 0 N–H and O–H groups in total. The Bertz CT molecular complexity index is 1020. The molecule has 0 bridgehead atoms. The van der Waals surface area contributed by atoms with E-state index in [1.807, 2.05) is 36.4 Å². The van der Waals surface area contributed by atoms with Gasteiger partial charge in [0.15, 0.2) is 0 Å². The van der Waals surface area contributed by atoms with E-state index in [9.17, 15) is 13.2 Å². The van der Waals surface area contributed by atoms with Crippen molar-refractivity contribution in [1.29, 1.82) is 0 Å². The molecule has 8 heteroatoms. The molecule has 1 saturated heterocycles. The lowest BCUT2D eigenvalue weighted by atomic mass is 10.1. The lowest BCUT2D eigenvalue weighted by Crippen LogP contribution is -2.48. The monoisotopic (exact) mass is 516 g/mol. The Balaban J connectivity index is 1.32. The highest BCUT2D eigenvalue weighted by Gasteiger charge is 2.33. The van der Waals surface area contributed by atoms with Gasteiger partial charge in [0, 0.05) is 68.7 Å². The largest absolute Gasteiger partial charge is 0.416 e. The van der Waals surface area contributed by atoms with E-state index in [-0.39, 0.29) is 0 Å². The van der Waals surface area contributed by atoms with Crippen LogP contribution < -0.4 is 4.90 Å². The van der Waals surface area contributed by atoms with Gasteiger partial charge in [0.2, 0.25) is 0 Å². The van der Waals surface area contributed by atoms with Crippen LogP contribution in [0.1, 0.15) is 12.0 Å². The maximum atomic E-state index is 13.4. The van der Waals surface area contributed by atoms with Gasteiger partial charge in [-0.05, 0) is 43.3 Å². The third-order valence-corrected chi connectivity index (χ3v) is 7.91. The van der Waals surface area contributed by atoms with Gasteiger partial charge < -0.3 is 9.80 Å². The highest BCUT2D eigenvalue weighted by Crippen LogP contribution is 2.49. The first kappa shape index (κ1) is 26.8. The van der Waals surface area contributed by atoms with Crippen LogP contribution in [0, 0.1) is 0 Å². The molecule has 2 aromatic rings. The number of hydrogen-bond acceptors (Lipinski definition) is 5. The normalized spacial score (nSPS) is 16.6. The maximum absolute atomic E-state index is 13.4. The van der Waals surface area contributed by atoms with Crippen LogP contribution >= 0.6 is 11.8 Å². The van der Waals surface area contributed by atoms with Gasteiger partial charge in [-0.1, -0.05) is 36.0 Å². The van der Waals surface area contributed by atoms with E-state index in [0.717, 1.165) is 80.8 Å². The molecule has 2 aliphatic heterocycles. The highest BCUT2D eigenvalue weighted by atomic mass is 32.2. The van der Waals surface area contributed by atoms with Crippen molar-refractivity contribution in [2.45, 2.75) is 22.4 Å². The third kappa shape index (κ3) is 6.73. The SMILES string of the molecule is C=CCN(CC=C)CCN1CCN(CCCN2c3ccccc3Sc3ccc(C(F)(F)F)cc32)CC1. The van der Waals surface area contributed by atoms with Crippen molar-refractivity contribution in [3.05, 3.63) is 73.3 Å². The number of para-hydroxylation sites is 1. The predicted molar refractivity (Wildman–Crippen MR) is 143 cm³/mol. The molecule has 0 atom stereocenters. The third-order valence-electron chi connectivity index (χ3n) is 6.78. The summed E-state index contributed by atoms with van der Waals surface area (Å²) < 4.78 is 40.3. The second-order valence-electron chi connectivity index (χ2n) is 9.28. The number of hydrogen-bond donors (Lipinski definition) is 0. The van der Waals surface area contributed by atoms with Crippen LogP contribution in [0.15, 0.2) is 77.6 Å². The predicted octanol–water partition coefficient (Wildman–Crippen LogP) is 5.99. The lowest BCUT2D eigenvalue weighted by Gasteiger charge is -2.37. The number of benzene rings is 2. The van der Waals surface area contributed by atoms with Gasteiger partial charge in [0.25, 0.3) is 0 Å². The first-order valence-electron chi connectivity index (χ1n) is 12.5. The van der Waals surface area contributed by atoms with Crippen LogP contribution in [0.25, 0.3) is 0 Å². The second-order valence-corrected chi connectivity index (χ2v) is 10.4. The fraction of sp³-hybridized carbons (Fsp3) is 0.429. The molecule has 0 saturated carbocycles. The molecule has 0 unspecified atom stereocenters. The standard InChI is InChI=1S/C28H35F3N4S/c1-3-12-32(13-4-2)16-19-34-20-17-33(18-21-34)14-7-15-35-24-8-5-6-9-26(24)36-27-11-10-23(22-25(27)35)28(29,30)31/h3-6,8-11,22H,1-2,7,12-21H2. The van der Waals surface area contributed by atoms with Crippen molar-refractivity contribution in [1.82, 2.24) is 14.7 Å². The molecule has 0 aliphatic carbocycles. The average Bonchev–Trinajstić information content (AvgIpc) is 2.87. The number of anilines is 2. The molecule has 2 aromatic carbocycles. The van der Waals surface area contributed by atoms with Gasteiger partial charge >= 0.3 is 6.18 Å². The van der Waals surface area contributed by atoms with Crippen LogP contribution in [0.5, 0.6) is 0 Å². The van der Waals surface area contributed by atoms with Gasteiger partial charge in [-0.25, -0.2) is 0 Å². The molecule has 0 spiro atoms. The summed E-state index contributed by atoms with van der Waals surface area (Å²) in [7, 11) is 0. The molecule has 4 rings (SSSR count). The van der Waals surface area contributed by atoms with Crippen LogP contribution in [-0.4, -0.2) is 80.1 Å². The maximum Gasteiger partial charge on any atom is 0.416 e. The molecule has 36 heavy (non-hydrogen) atoms. The quantitative estimate of drug-likeness (QED) is 0.339. The Morgan fingerprint density at radius 3 is 2.14 bits per heavy atom. The summed E-state index contributed by atoms with van der Waals surface area (Å²) in [6.07, 6.45) is 0.407. The number of rotatable bonds is 11. The summed E-state index contributed by atoms with van der Waals surface area (Å²) in [5.41, 5.74) is 1.05. The first-order chi connectivity index (χ1) is 17.4. The van der Waals surface area contributed by atoms with E-state index in [0.29, 0.717) is 12.2 Å². The summed E-state index contributed by atoms with van der Waals surface area (Å²) in [5.74, 6) is 0. The van der Waals surface area contributed by atoms with E-state index >= 15 is 0 Å². The summed E-state index contributed by atoms with van der Waals surface area (Å²) >= 11 is 1.54. The molecule has 194 valence electrons. The van der Waals surface area contributed by atoms with Crippen molar-refractivity contribution in [3.63, 3.8) is 0 Å². The minimum Gasteiger partial charge on any atom is -0.340 e. The Kier molecular flexibility index (Phi) is 9.17. The summed E-state index contributed by atoms with van der Waals surface area (Å²) in [4.78, 5) is 11.3. The molecule has 2 heterocycles. The Hall–Kier alpha value is -2.26. The zero-order valence-electron chi connectivity index (χ0n) is 20.7. The Labute approximate surface area is 217 Å². The molecule has 1 fully saturated rings. The number of alkyl halides is 3. The van der Waals surface area contributed by atoms with Gasteiger partial charge in [0.05, 0.1) is 16.9 Å². The molecule has 0 aromatic heterocycles. The van der Waals surface area contributed by atoms with Gasteiger partial charge in [-0.3, -0.25) is 9.80 Å². The van der Waals surface area contributed by atoms with E-state index in [2.05, 4.69) is 32.8 Å². The van der Waals surface area contributed by atoms with Crippen LogP contribution in [0.4, 0.5) is 24.5 Å². The molecule has 2 aliphatic rings. The van der Waals surface area contributed by atoms with Crippen molar-refractivity contribution in [2.24, 2.45) is 0 Å². The number of fused-ring (bicyclic) bond motifs is 2. The molecular formula is C28H35F3N4S. The van der Waals surface area contributed by atoms with Gasteiger partial charge in [-0.2, -0.15) is 13.2 Å². The minimum atomic E-state index is -4.35. The zero-order chi connectivity index (χ0) is 25.5. The number of halogens is 3. The van der Waals surface area contributed by atoms with E-state index < -0.39 is 11.7 Å². The average molecular weight is 517 g/mol. The molecule has 4 nitrogen and oxygen atoms in total. The second kappa shape index (κ2) is 12.3. The Morgan fingerprint density at radius 1 is 0.833 bits per heavy atom. The first-order valence-corrected chi connectivity index (χ1v) is 13.3. The Morgan fingerprint density at radius 2 is 1.47 bits per heavy atom. The molecule has 0 radical (unpaired) electrons. The van der Waals surface area contributed by atoms with Crippen LogP contribution in [-0.2, 0) is 6.18 Å². The van der Waals surface area contributed by atoms with Gasteiger partial charge in [0.1, 0.15) is 0 Å². The lowest BCUT2D eigenvalue weighted by molar-refractivity contribution is -0.137. The van der Waals surface area contributed by atoms with E-state index in [1.165, 1.54) is 12.1 Å². The summed E-state index contributed by atoms with van der Waals surface area (Å²) in [6.45, 7) is 17.2. The van der Waals surface area contributed by atoms with Crippen LogP contribution in [0.2, 0.25) is 0 Å². The number of nitrogens with zero attached hydrogens (tertiary/aromatic N) is 4. The van der Waals surface area contributed by atoms with E-state index in [4.69, 9.17) is 0 Å². The van der Waals surface area contributed by atoms with Crippen molar-refractivity contribution < 1.29 is 13.2 Å². The van der Waals surface area contributed by atoms with Crippen molar-refractivity contribution in [3.8, 4) is 0 Å². The van der Waals surface area contributed by atoms with Crippen molar-refractivity contribution in [2.75, 3.05) is 70.3 Å². The number of piperazine rings is 1. The van der Waals surface area contributed by atoms with Crippen LogP contribution in [0.3, 0.4) is 0 Å². The topological polar surface area (TPSA) is 13.0 Å². The zero-order valence-corrected chi connectivity index (χ0v) is 21.5. The smallest absolute Gasteiger partial charge is 0.340 e. The fourth-order valence-electron chi connectivity index (χ4n) is 4.84.